The first kappa shape index (κ1) is 12.9. The third kappa shape index (κ3) is 2.34. The molecule has 4 heteroatoms. The monoisotopic (exact) mass is 263 g/mol. The maximum absolute atomic E-state index is 5.43. The quantitative estimate of drug-likeness (QED) is 0.843. The molecule has 0 unspecified atom stereocenters. The number of hydrogen-bond donors (Lipinski definition) is 0. The van der Waals surface area contributed by atoms with Crippen LogP contribution in [0.3, 0.4) is 0 Å². The van der Waals surface area contributed by atoms with Crippen LogP contribution < -0.4 is 9.47 Å². The summed E-state index contributed by atoms with van der Waals surface area (Å²) in [4.78, 5) is 4.60. The van der Waals surface area contributed by atoms with E-state index < -0.39 is 0 Å². The summed E-state index contributed by atoms with van der Waals surface area (Å²) in [6.07, 6.45) is 0.954. The van der Waals surface area contributed by atoms with Gasteiger partial charge in [-0.2, -0.15) is 0 Å². The van der Waals surface area contributed by atoms with E-state index in [1.165, 1.54) is 0 Å². The highest BCUT2D eigenvalue weighted by molar-refractivity contribution is 7.09. The molecule has 0 saturated heterocycles. The highest BCUT2D eigenvalue weighted by Crippen LogP contribution is 2.36. The van der Waals surface area contributed by atoms with E-state index in [2.05, 4.69) is 17.3 Å². The lowest BCUT2D eigenvalue weighted by Gasteiger charge is -2.11. The molecule has 0 fully saturated rings. The highest BCUT2D eigenvalue weighted by atomic mass is 32.1. The third-order valence-corrected chi connectivity index (χ3v) is 3.84. The van der Waals surface area contributed by atoms with Crippen molar-refractivity contribution in [3.63, 3.8) is 0 Å². The molecule has 0 aliphatic rings. The van der Waals surface area contributed by atoms with Crippen molar-refractivity contribution in [3.05, 3.63) is 28.1 Å². The molecule has 2 aromatic rings. The molecule has 1 heterocycles. The molecule has 0 aliphatic carbocycles. The first-order valence-corrected chi connectivity index (χ1v) is 6.75. The van der Waals surface area contributed by atoms with Crippen LogP contribution in [0.2, 0.25) is 0 Å². The Hall–Kier alpha value is -1.55. The minimum atomic E-state index is 0.834. The van der Waals surface area contributed by atoms with Crippen molar-refractivity contribution in [1.29, 1.82) is 0 Å². The van der Waals surface area contributed by atoms with Gasteiger partial charge in [0.2, 0.25) is 0 Å². The van der Waals surface area contributed by atoms with Crippen LogP contribution in [-0.2, 0) is 6.42 Å². The maximum atomic E-state index is 5.43. The second-order valence-electron chi connectivity index (χ2n) is 4.00. The average molecular weight is 263 g/mol. The van der Waals surface area contributed by atoms with Crippen LogP contribution in [0.25, 0.3) is 11.3 Å². The zero-order valence-corrected chi connectivity index (χ0v) is 11.9. The van der Waals surface area contributed by atoms with E-state index in [0.29, 0.717) is 0 Å². The van der Waals surface area contributed by atoms with Gasteiger partial charge in [-0.3, -0.25) is 0 Å². The predicted molar refractivity (Wildman–Crippen MR) is 74.8 cm³/mol. The van der Waals surface area contributed by atoms with Crippen molar-refractivity contribution >= 4 is 11.3 Å². The standard InChI is InChI=1S/C14H17NO2S/c1-5-14-15-11(8-18-14)10-7-12(16-3)9(2)6-13(10)17-4/h6-8H,5H2,1-4H3. The van der Waals surface area contributed by atoms with Gasteiger partial charge in [0.25, 0.3) is 0 Å². The lowest BCUT2D eigenvalue weighted by Crippen LogP contribution is -1.93. The minimum absolute atomic E-state index is 0.834. The van der Waals surface area contributed by atoms with Gasteiger partial charge in [0, 0.05) is 10.9 Å². The molecule has 0 spiro atoms. The Bertz CT molecular complexity index is 549. The molecule has 0 bridgehead atoms. The lowest BCUT2D eigenvalue weighted by atomic mass is 10.1. The minimum Gasteiger partial charge on any atom is -0.496 e. The molecule has 1 aromatic carbocycles. The van der Waals surface area contributed by atoms with E-state index in [0.717, 1.165) is 39.7 Å². The number of thiazole rings is 1. The largest absolute Gasteiger partial charge is 0.496 e. The van der Waals surface area contributed by atoms with Crippen LogP contribution in [0.4, 0.5) is 0 Å². The molecule has 96 valence electrons. The first-order chi connectivity index (χ1) is 8.69. The fraction of sp³-hybridized carbons (Fsp3) is 0.357. The Kier molecular flexibility index (Phi) is 3.87. The average Bonchev–Trinajstić information content (AvgIpc) is 2.87. The number of benzene rings is 1. The van der Waals surface area contributed by atoms with Crippen molar-refractivity contribution in [3.8, 4) is 22.8 Å². The zero-order valence-electron chi connectivity index (χ0n) is 11.1. The van der Waals surface area contributed by atoms with E-state index in [-0.39, 0.29) is 0 Å². The van der Waals surface area contributed by atoms with Gasteiger partial charge in [-0.15, -0.1) is 11.3 Å². The van der Waals surface area contributed by atoms with E-state index in [9.17, 15) is 0 Å². The van der Waals surface area contributed by atoms with E-state index >= 15 is 0 Å². The summed E-state index contributed by atoms with van der Waals surface area (Å²) in [5, 5.41) is 3.19. The molecule has 18 heavy (non-hydrogen) atoms. The maximum Gasteiger partial charge on any atom is 0.128 e. The Morgan fingerprint density at radius 3 is 2.44 bits per heavy atom. The summed E-state index contributed by atoms with van der Waals surface area (Å²) in [7, 11) is 3.36. The van der Waals surface area contributed by atoms with Crippen LogP contribution in [0.15, 0.2) is 17.5 Å². The zero-order chi connectivity index (χ0) is 13.1. The number of aryl methyl sites for hydroxylation is 2. The summed E-state index contributed by atoms with van der Waals surface area (Å²) in [6, 6.07) is 3.97. The Balaban J connectivity index is 2.54. The van der Waals surface area contributed by atoms with Crippen molar-refractivity contribution in [2.45, 2.75) is 20.3 Å². The number of ether oxygens (including phenoxy) is 2. The Morgan fingerprint density at radius 1 is 1.17 bits per heavy atom. The number of methoxy groups -OCH3 is 2. The van der Waals surface area contributed by atoms with E-state index in [1.54, 1.807) is 25.6 Å². The third-order valence-electron chi connectivity index (χ3n) is 2.85. The Morgan fingerprint density at radius 2 is 1.89 bits per heavy atom. The van der Waals surface area contributed by atoms with Gasteiger partial charge in [0.1, 0.15) is 11.5 Å². The molecular formula is C14H17NO2S. The molecule has 0 radical (unpaired) electrons. The van der Waals surface area contributed by atoms with Crippen LogP contribution in [-0.4, -0.2) is 19.2 Å². The van der Waals surface area contributed by atoms with Gasteiger partial charge in [0.15, 0.2) is 0 Å². The lowest BCUT2D eigenvalue weighted by molar-refractivity contribution is 0.401. The number of hydrogen-bond acceptors (Lipinski definition) is 4. The van der Waals surface area contributed by atoms with Crippen LogP contribution in [0.5, 0.6) is 11.5 Å². The predicted octanol–water partition coefficient (Wildman–Crippen LogP) is 3.70. The molecule has 0 amide bonds. The molecule has 0 atom stereocenters. The molecular weight excluding hydrogens is 246 g/mol. The van der Waals surface area contributed by atoms with Gasteiger partial charge in [-0.25, -0.2) is 4.98 Å². The second kappa shape index (κ2) is 5.40. The van der Waals surface area contributed by atoms with Crippen LogP contribution in [0.1, 0.15) is 17.5 Å². The van der Waals surface area contributed by atoms with E-state index in [1.807, 2.05) is 19.1 Å². The van der Waals surface area contributed by atoms with Crippen molar-refractivity contribution < 1.29 is 9.47 Å². The van der Waals surface area contributed by atoms with Gasteiger partial charge in [0.05, 0.1) is 24.9 Å². The molecule has 0 saturated carbocycles. The molecule has 3 nitrogen and oxygen atoms in total. The van der Waals surface area contributed by atoms with Crippen molar-refractivity contribution in [2.24, 2.45) is 0 Å². The van der Waals surface area contributed by atoms with Crippen LogP contribution >= 0.6 is 11.3 Å². The summed E-state index contributed by atoms with van der Waals surface area (Å²) < 4.78 is 10.8. The topological polar surface area (TPSA) is 31.4 Å². The highest BCUT2D eigenvalue weighted by Gasteiger charge is 2.13. The summed E-state index contributed by atoms with van der Waals surface area (Å²) in [6.45, 7) is 4.11. The Labute approximate surface area is 111 Å². The van der Waals surface area contributed by atoms with Gasteiger partial charge < -0.3 is 9.47 Å². The summed E-state index contributed by atoms with van der Waals surface area (Å²) in [5.74, 6) is 1.69. The van der Waals surface area contributed by atoms with Crippen molar-refractivity contribution in [2.75, 3.05) is 14.2 Å². The number of aromatic nitrogens is 1. The fourth-order valence-corrected chi connectivity index (χ4v) is 2.59. The normalized spacial score (nSPS) is 10.4. The first-order valence-electron chi connectivity index (χ1n) is 5.87. The number of rotatable bonds is 4. The van der Waals surface area contributed by atoms with Gasteiger partial charge in [-0.05, 0) is 31.0 Å². The van der Waals surface area contributed by atoms with E-state index in [4.69, 9.17) is 9.47 Å². The van der Waals surface area contributed by atoms with Gasteiger partial charge in [-0.1, -0.05) is 6.92 Å². The summed E-state index contributed by atoms with van der Waals surface area (Å²) in [5.41, 5.74) is 2.99. The summed E-state index contributed by atoms with van der Waals surface area (Å²) >= 11 is 1.67. The van der Waals surface area contributed by atoms with Crippen LogP contribution in [0, 0.1) is 6.92 Å². The SMILES string of the molecule is CCc1nc(-c2cc(OC)c(C)cc2OC)cs1. The molecule has 0 aliphatic heterocycles. The molecule has 2 rings (SSSR count). The van der Waals surface area contributed by atoms with Crippen molar-refractivity contribution in [1.82, 2.24) is 4.98 Å². The number of nitrogens with zero attached hydrogens (tertiary/aromatic N) is 1. The molecule has 1 aromatic heterocycles. The smallest absolute Gasteiger partial charge is 0.128 e. The van der Waals surface area contributed by atoms with Gasteiger partial charge >= 0.3 is 0 Å². The second-order valence-corrected chi connectivity index (χ2v) is 4.94. The molecule has 0 N–H and O–H groups in total. The fourth-order valence-electron chi connectivity index (χ4n) is 1.85.